The molecule has 1 aliphatic heterocycles. The molecule has 0 radical (unpaired) electrons. The average Bonchev–Trinajstić information content (AvgIpc) is 3.26. The first-order valence-electron chi connectivity index (χ1n) is 6.91. The Labute approximate surface area is 113 Å². The summed E-state index contributed by atoms with van der Waals surface area (Å²) in [5.41, 5.74) is 7.89. The molecule has 1 saturated carbocycles. The van der Waals surface area contributed by atoms with Gasteiger partial charge in [0, 0.05) is 38.3 Å². The highest BCUT2D eigenvalue weighted by molar-refractivity contribution is 5.81. The molecule has 2 aliphatic rings. The maximum Gasteiger partial charge on any atom is 0.225 e. The van der Waals surface area contributed by atoms with E-state index in [0.29, 0.717) is 11.8 Å². The number of carbonyl (C=O) groups excluding carboxylic acids is 1. The third kappa shape index (κ3) is 2.37. The van der Waals surface area contributed by atoms with Crippen molar-refractivity contribution in [1.29, 1.82) is 0 Å². The maximum absolute atomic E-state index is 12.0. The Morgan fingerprint density at radius 1 is 1.32 bits per heavy atom. The molecule has 5 heteroatoms. The third-order valence-corrected chi connectivity index (χ3v) is 4.00. The molecule has 1 aromatic rings. The van der Waals surface area contributed by atoms with Gasteiger partial charge < -0.3 is 15.5 Å². The van der Waals surface area contributed by atoms with Crippen molar-refractivity contribution in [1.82, 2.24) is 9.88 Å². The summed E-state index contributed by atoms with van der Waals surface area (Å²) < 4.78 is 0. The molecule has 0 unspecified atom stereocenters. The monoisotopic (exact) mass is 260 g/mol. The lowest BCUT2D eigenvalue weighted by molar-refractivity contribution is -0.132. The van der Waals surface area contributed by atoms with Crippen LogP contribution in [-0.4, -0.2) is 42.0 Å². The predicted molar refractivity (Wildman–Crippen MR) is 74.9 cm³/mol. The summed E-state index contributed by atoms with van der Waals surface area (Å²) in [5, 5.41) is 0. The number of nitrogens with zero attached hydrogens (tertiary/aromatic N) is 3. The Hall–Kier alpha value is -1.78. The van der Waals surface area contributed by atoms with E-state index < -0.39 is 0 Å². The topological polar surface area (TPSA) is 62.5 Å². The van der Waals surface area contributed by atoms with Crippen molar-refractivity contribution in [3.63, 3.8) is 0 Å². The van der Waals surface area contributed by atoms with E-state index in [9.17, 15) is 4.79 Å². The fraction of sp³-hybridized carbons (Fsp3) is 0.571. The van der Waals surface area contributed by atoms with Crippen molar-refractivity contribution in [3.05, 3.63) is 17.8 Å². The van der Waals surface area contributed by atoms with E-state index in [0.717, 1.165) is 56.1 Å². The Morgan fingerprint density at radius 2 is 2.00 bits per heavy atom. The first-order chi connectivity index (χ1) is 9.16. The van der Waals surface area contributed by atoms with Crippen LogP contribution in [0.2, 0.25) is 0 Å². The molecule has 0 spiro atoms. The standard InChI is InChI=1S/C14H20N4O/c1-10-4-5-16-13(12(10)15)17-6-8-18(9-7-17)14(19)11-2-3-11/h4-5,11H,2-3,6-9,15H2,1H3. The van der Waals surface area contributed by atoms with Crippen molar-refractivity contribution in [2.45, 2.75) is 19.8 Å². The molecule has 102 valence electrons. The summed E-state index contributed by atoms with van der Waals surface area (Å²) in [5.74, 6) is 1.51. The fourth-order valence-electron chi connectivity index (χ4n) is 2.53. The number of anilines is 2. The van der Waals surface area contributed by atoms with Crippen molar-refractivity contribution in [2.24, 2.45) is 5.92 Å². The maximum atomic E-state index is 12.0. The van der Waals surface area contributed by atoms with Crippen LogP contribution in [0.15, 0.2) is 12.3 Å². The van der Waals surface area contributed by atoms with E-state index in [4.69, 9.17) is 5.73 Å². The van der Waals surface area contributed by atoms with Crippen LogP contribution in [0.5, 0.6) is 0 Å². The number of carbonyl (C=O) groups is 1. The second-order valence-electron chi connectivity index (χ2n) is 5.45. The van der Waals surface area contributed by atoms with Crippen molar-refractivity contribution in [3.8, 4) is 0 Å². The molecular formula is C14H20N4O. The zero-order valence-corrected chi connectivity index (χ0v) is 11.3. The number of hydrogen-bond acceptors (Lipinski definition) is 4. The minimum absolute atomic E-state index is 0.314. The van der Waals surface area contributed by atoms with Gasteiger partial charge in [0.2, 0.25) is 5.91 Å². The molecule has 2 fully saturated rings. The largest absolute Gasteiger partial charge is 0.396 e. The smallest absolute Gasteiger partial charge is 0.225 e. The number of aryl methyl sites for hydroxylation is 1. The van der Waals surface area contributed by atoms with Crippen LogP contribution in [-0.2, 0) is 4.79 Å². The predicted octanol–water partition coefficient (Wildman–Crippen LogP) is 1.03. The third-order valence-electron chi connectivity index (χ3n) is 4.00. The van der Waals surface area contributed by atoms with Crippen LogP contribution < -0.4 is 10.6 Å². The van der Waals surface area contributed by atoms with Crippen molar-refractivity contribution in [2.75, 3.05) is 36.8 Å². The number of hydrogen-bond donors (Lipinski definition) is 1. The van der Waals surface area contributed by atoms with Gasteiger partial charge in [-0.05, 0) is 31.4 Å². The zero-order valence-electron chi connectivity index (χ0n) is 11.3. The van der Waals surface area contributed by atoms with Gasteiger partial charge in [0.05, 0.1) is 5.69 Å². The molecule has 1 aliphatic carbocycles. The van der Waals surface area contributed by atoms with E-state index in [-0.39, 0.29) is 0 Å². The van der Waals surface area contributed by atoms with Gasteiger partial charge in [-0.15, -0.1) is 0 Å². The molecule has 2 N–H and O–H groups in total. The van der Waals surface area contributed by atoms with E-state index in [2.05, 4.69) is 9.88 Å². The summed E-state index contributed by atoms with van der Waals surface area (Å²) in [6.45, 7) is 5.19. The second kappa shape index (κ2) is 4.72. The first kappa shape index (κ1) is 12.3. The van der Waals surface area contributed by atoms with E-state index in [1.807, 2.05) is 17.9 Å². The number of piperazine rings is 1. The van der Waals surface area contributed by atoms with Gasteiger partial charge >= 0.3 is 0 Å². The Balaban J connectivity index is 1.66. The number of rotatable bonds is 2. The second-order valence-corrected chi connectivity index (χ2v) is 5.45. The first-order valence-corrected chi connectivity index (χ1v) is 6.91. The highest BCUT2D eigenvalue weighted by Crippen LogP contribution is 2.32. The van der Waals surface area contributed by atoms with Gasteiger partial charge in [-0.2, -0.15) is 0 Å². The highest BCUT2D eigenvalue weighted by Gasteiger charge is 2.34. The lowest BCUT2D eigenvalue weighted by atomic mass is 10.2. The molecular weight excluding hydrogens is 240 g/mol. The molecule has 1 aromatic heterocycles. The summed E-state index contributed by atoms with van der Waals surface area (Å²) in [6.07, 6.45) is 3.94. The lowest BCUT2D eigenvalue weighted by Crippen LogP contribution is -2.49. The van der Waals surface area contributed by atoms with Gasteiger partial charge in [0.25, 0.3) is 0 Å². The van der Waals surface area contributed by atoms with Crippen LogP contribution in [0.4, 0.5) is 11.5 Å². The number of amides is 1. The molecule has 3 rings (SSSR count). The molecule has 0 bridgehead atoms. The molecule has 1 saturated heterocycles. The van der Waals surface area contributed by atoms with Gasteiger partial charge in [-0.3, -0.25) is 4.79 Å². The molecule has 0 atom stereocenters. The van der Waals surface area contributed by atoms with Crippen LogP contribution in [0.3, 0.4) is 0 Å². The van der Waals surface area contributed by atoms with Gasteiger partial charge in [-0.25, -0.2) is 4.98 Å². The quantitative estimate of drug-likeness (QED) is 0.862. The molecule has 2 heterocycles. The number of aromatic nitrogens is 1. The fourth-order valence-corrected chi connectivity index (χ4v) is 2.53. The van der Waals surface area contributed by atoms with E-state index >= 15 is 0 Å². The highest BCUT2D eigenvalue weighted by atomic mass is 16.2. The molecule has 19 heavy (non-hydrogen) atoms. The minimum Gasteiger partial charge on any atom is -0.396 e. The number of pyridine rings is 1. The van der Waals surface area contributed by atoms with Gasteiger partial charge in [0.15, 0.2) is 5.82 Å². The van der Waals surface area contributed by atoms with Gasteiger partial charge in [-0.1, -0.05) is 0 Å². The van der Waals surface area contributed by atoms with Crippen LogP contribution in [0, 0.1) is 12.8 Å². The normalized spacial score (nSPS) is 19.6. The van der Waals surface area contributed by atoms with Crippen molar-refractivity contribution < 1.29 is 4.79 Å². The molecule has 5 nitrogen and oxygen atoms in total. The van der Waals surface area contributed by atoms with Crippen molar-refractivity contribution >= 4 is 17.4 Å². The summed E-state index contributed by atoms with van der Waals surface area (Å²) >= 11 is 0. The number of nitrogens with two attached hydrogens (primary N) is 1. The lowest BCUT2D eigenvalue weighted by Gasteiger charge is -2.36. The summed E-state index contributed by atoms with van der Waals surface area (Å²) in [6, 6.07) is 1.92. The van der Waals surface area contributed by atoms with E-state index in [1.165, 1.54) is 0 Å². The number of nitrogen functional groups attached to an aromatic ring is 1. The molecule has 1 amide bonds. The minimum atomic E-state index is 0.314. The summed E-state index contributed by atoms with van der Waals surface area (Å²) in [4.78, 5) is 20.5. The van der Waals surface area contributed by atoms with Gasteiger partial charge in [0.1, 0.15) is 0 Å². The van der Waals surface area contributed by atoms with E-state index in [1.54, 1.807) is 6.20 Å². The summed E-state index contributed by atoms with van der Waals surface area (Å²) in [7, 11) is 0. The van der Waals surface area contributed by atoms with Crippen LogP contribution in [0.1, 0.15) is 18.4 Å². The average molecular weight is 260 g/mol. The van der Waals surface area contributed by atoms with Crippen LogP contribution >= 0.6 is 0 Å². The Kier molecular flexibility index (Phi) is 3.05. The Morgan fingerprint density at radius 3 is 2.63 bits per heavy atom. The SMILES string of the molecule is Cc1ccnc(N2CCN(C(=O)C3CC3)CC2)c1N. The molecule has 0 aromatic carbocycles. The Bertz CT molecular complexity index is 490. The zero-order chi connectivity index (χ0) is 13.4. The van der Waals surface area contributed by atoms with Crippen LogP contribution in [0.25, 0.3) is 0 Å².